The second kappa shape index (κ2) is 6.20. The third-order valence-electron chi connectivity index (χ3n) is 2.33. The van der Waals surface area contributed by atoms with Crippen LogP contribution in [-0.2, 0) is 11.2 Å². The summed E-state index contributed by atoms with van der Waals surface area (Å²) in [6.45, 7) is 0.669. The number of hydrogen-bond donors (Lipinski definition) is 1. The number of thiophene rings is 1. The molecule has 1 unspecified atom stereocenters. The first-order valence-electron chi connectivity index (χ1n) is 5.09. The third-order valence-corrected chi connectivity index (χ3v) is 3.07. The monoisotopic (exact) mass is 231 g/mol. The highest BCUT2D eigenvalue weighted by Gasteiger charge is 2.29. The van der Waals surface area contributed by atoms with E-state index in [1.165, 1.54) is 7.11 Å². The lowest BCUT2D eigenvalue weighted by atomic mass is 9.93. The molecule has 4 heteroatoms. The second-order valence-electron chi connectivity index (χ2n) is 3.78. The van der Waals surface area contributed by atoms with Crippen LogP contribution in [0, 0.1) is 0 Å². The molecule has 1 heterocycles. The van der Waals surface area contributed by atoms with E-state index in [2.05, 4.69) is 0 Å². The number of halogens is 1. The standard InChI is InChI=1S/C11H18FNOS/c1-14-9-11(12,4-2-5-13)7-10-3-6-15-8-10/h3,6,8H,2,4-5,7,9,13H2,1H3. The summed E-state index contributed by atoms with van der Waals surface area (Å²) in [5, 5.41) is 3.94. The number of hydrogen-bond acceptors (Lipinski definition) is 3. The Balaban J connectivity index is 2.55. The molecule has 0 saturated heterocycles. The summed E-state index contributed by atoms with van der Waals surface area (Å²) in [5.74, 6) is 0. The van der Waals surface area contributed by atoms with Gasteiger partial charge in [0.15, 0.2) is 0 Å². The lowest BCUT2D eigenvalue weighted by molar-refractivity contribution is 0.0335. The fraction of sp³-hybridized carbons (Fsp3) is 0.636. The summed E-state index contributed by atoms with van der Waals surface area (Å²) in [6.07, 6.45) is 1.58. The Hall–Kier alpha value is -0.450. The first-order valence-corrected chi connectivity index (χ1v) is 6.03. The molecule has 0 aliphatic rings. The van der Waals surface area contributed by atoms with Crippen molar-refractivity contribution >= 4 is 11.3 Å². The predicted octanol–water partition coefficient (Wildman–Crippen LogP) is 2.38. The normalized spacial score (nSPS) is 15.1. The van der Waals surface area contributed by atoms with Crippen molar-refractivity contribution in [3.63, 3.8) is 0 Å². The van der Waals surface area contributed by atoms with Gasteiger partial charge in [0, 0.05) is 13.5 Å². The number of nitrogens with two attached hydrogens (primary N) is 1. The SMILES string of the molecule is COCC(F)(CCCN)Cc1ccsc1. The number of ether oxygens (including phenoxy) is 1. The van der Waals surface area contributed by atoms with Crippen LogP contribution in [-0.4, -0.2) is 25.9 Å². The number of alkyl halides is 1. The molecule has 0 radical (unpaired) electrons. The first kappa shape index (κ1) is 12.6. The van der Waals surface area contributed by atoms with Crippen molar-refractivity contribution in [1.82, 2.24) is 0 Å². The zero-order valence-electron chi connectivity index (χ0n) is 9.04. The molecule has 0 aromatic carbocycles. The van der Waals surface area contributed by atoms with Crippen LogP contribution in [0.2, 0.25) is 0 Å². The molecule has 0 amide bonds. The maximum atomic E-state index is 14.4. The van der Waals surface area contributed by atoms with Crippen molar-refractivity contribution in [2.24, 2.45) is 5.73 Å². The van der Waals surface area contributed by atoms with Gasteiger partial charge in [-0.1, -0.05) is 0 Å². The van der Waals surface area contributed by atoms with Gasteiger partial charge in [-0.15, -0.1) is 0 Å². The summed E-state index contributed by atoms with van der Waals surface area (Å²) in [4.78, 5) is 0. The summed E-state index contributed by atoms with van der Waals surface area (Å²) in [5.41, 5.74) is 5.17. The van der Waals surface area contributed by atoms with Gasteiger partial charge in [-0.2, -0.15) is 11.3 Å². The zero-order valence-corrected chi connectivity index (χ0v) is 9.86. The average molecular weight is 231 g/mol. The third kappa shape index (κ3) is 4.28. The van der Waals surface area contributed by atoms with Gasteiger partial charge in [0.2, 0.25) is 0 Å². The zero-order chi connectivity index (χ0) is 11.1. The Morgan fingerprint density at radius 2 is 2.40 bits per heavy atom. The Bertz CT molecular complexity index is 266. The summed E-state index contributed by atoms with van der Waals surface area (Å²) in [6, 6.07) is 1.96. The van der Waals surface area contributed by atoms with E-state index in [1.54, 1.807) is 11.3 Å². The molecule has 0 aliphatic carbocycles. The molecule has 1 atom stereocenters. The van der Waals surface area contributed by atoms with Gasteiger partial charge in [0.05, 0.1) is 6.61 Å². The topological polar surface area (TPSA) is 35.2 Å². The van der Waals surface area contributed by atoms with E-state index < -0.39 is 5.67 Å². The van der Waals surface area contributed by atoms with Gasteiger partial charge in [-0.05, 0) is 41.8 Å². The molecule has 1 aromatic heterocycles. The van der Waals surface area contributed by atoms with Gasteiger partial charge in [-0.25, -0.2) is 4.39 Å². The Kier molecular flexibility index (Phi) is 5.22. The van der Waals surface area contributed by atoms with E-state index in [-0.39, 0.29) is 6.61 Å². The van der Waals surface area contributed by atoms with Gasteiger partial charge in [0.1, 0.15) is 5.67 Å². The van der Waals surface area contributed by atoms with Gasteiger partial charge >= 0.3 is 0 Å². The Morgan fingerprint density at radius 1 is 1.60 bits per heavy atom. The molecular weight excluding hydrogens is 213 g/mol. The fourth-order valence-corrected chi connectivity index (χ4v) is 2.32. The summed E-state index contributed by atoms with van der Waals surface area (Å²) < 4.78 is 19.3. The fourth-order valence-electron chi connectivity index (χ4n) is 1.65. The van der Waals surface area contributed by atoms with Crippen molar-refractivity contribution in [1.29, 1.82) is 0 Å². The van der Waals surface area contributed by atoms with Crippen LogP contribution >= 0.6 is 11.3 Å². The van der Waals surface area contributed by atoms with E-state index in [9.17, 15) is 4.39 Å². The van der Waals surface area contributed by atoms with E-state index in [1.807, 2.05) is 16.8 Å². The van der Waals surface area contributed by atoms with Gasteiger partial charge < -0.3 is 10.5 Å². The predicted molar refractivity (Wildman–Crippen MR) is 62.0 cm³/mol. The molecule has 2 nitrogen and oxygen atoms in total. The summed E-state index contributed by atoms with van der Waals surface area (Å²) >= 11 is 1.59. The first-order chi connectivity index (χ1) is 7.20. The highest BCUT2D eigenvalue weighted by molar-refractivity contribution is 7.07. The maximum Gasteiger partial charge on any atom is 0.138 e. The minimum absolute atomic E-state index is 0.142. The lowest BCUT2D eigenvalue weighted by Gasteiger charge is -2.24. The van der Waals surface area contributed by atoms with Crippen molar-refractivity contribution in [3.8, 4) is 0 Å². The molecule has 0 fully saturated rings. The summed E-state index contributed by atoms with van der Waals surface area (Å²) in [7, 11) is 1.53. The van der Waals surface area contributed by atoms with Crippen LogP contribution in [0.3, 0.4) is 0 Å². The quantitative estimate of drug-likeness (QED) is 0.782. The number of rotatable bonds is 7. The van der Waals surface area contributed by atoms with Crippen molar-refractivity contribution < 1.29 is 9.13 Å². The molecule has 0 spiro atoms. The minimum atomic E-state index is -1.27. The molecular formula is C11H18FNOS. The molecule has 0 bridgehead atoms. The maximum absolute atomic E-state index is 14.4. The van der Waals surface area contributed by atoms with Gasteiger partial charge in [-0.3, -0.25) is 0 Å². The van der Waals surface area contributed by atoms with Crippen LogP contribution in [0.4, 0.5) is 4.39 Å². The molecule has 0 aliphatic heterocycles. The van der Waals surface area contributed by atoms with Crippen LogP contribution in [0.5, 0.6) is 0 Å². The van der Waals surface area contributed by atoms with Crippen LogP contribution in [0.25, 0.3) is 0 Å². The van der Waals surface area contributed by atoms with Crippen molar-refractivity contribution in [3.05, 3.63) is 22.4 Å². The second-order valence-corrected chi connectivity index (χ2v) is 4.56. The Labute approximate surface area is 94.2 Å². The molecule has 86 valence electrons. The van der Waals surface area contributed by atoms with Crippen molar-refractivity contribution in [2.45, 2.75) is 24.9 Å². The lowest BCUT2D eigenvalue weighted by Crippen LogP contribution is -2.32. The molecule has 0 saturated carbocycles. The minimum Gasteiger partial charge on any atom is -0.381 e. The molecule has 1 rings (SSSR count). The van der Waals surface area contributed by atoms with E-state index >= 15 is 0 Å². The van der Waals surface area contributed by atoms with E-state index in [0.717, 1.165) is 5.56 Å². The van der Waals surface area contributed by atoms with Crippen molar-refractivity contribution in [2.75, 3.05) is 20.3 Å². The number of methoxy groups -OCH3 is 1. The molecule has 2 N–H and O–H groups in total. The van der Waals surface area contributed by atoms with Crippen LogP contribution in [0.15, 0.2) is 16.8 Å². The van der Waals surface area contributed by atoms with Crippen LogP contribution < -0.4 is 5.73 Å². The highest BCUT2D eigenvalue weighted by Crippen LogP contribution is 2.25. The molecule has 15 heavy (non-hydrogen) atoms. The van der Waals surface area contributed by atoms with E-state index in [4.69, 9.17) is 10.5 Å². The van der Waals surface area contributed by atoms with E-state index in [0.29, 0.717) is 25.8 Å². The average Bonchev–Trinajstić information content (AvgIpc) is 2.68. The largest absolute Gasteiger partial charge is 0.381 e. The van der Waals surface area contributed by atoms with Gasteiger partial charge in [0.25, 0.3) is 0 Å². The highest BCUT2D eigenvalue weighted by atomic mass is 32.1. The Morgan fingerprint density at radius 3 is 2.93 bits per heavy atom. The smallest absolute Gasteiger partial charge is 0.138 e. The molecule has 1 aromatic rings. The van der Waals surface area contributed by atoms with Crippen LogP contribution in [0.1, 0.15) is 18.4 Å².